The topological polar surface area (TPSA) is 224 Å². The minimum Gasteiger partial charge on any atom is -0.512 e. The first-order valence-electron chi connectivity index (χ1n) is 12.0. The Morgan fingerprint density at radius 3 is 0.364 bits per heavy atom. The van der Waals surface area contributed by atoms with Crippen LogP contribution in [0.4, 0.5) is 0 Å². The second-order valence-electron chi connectivity index (χ2n) is 8.38. The number of aliphatic hydroxyl groups is 6. The largest absolute Gasteiger partial charge is 3.00 e. The predicted molar refractivity (Wildman–Crippen MR) is 162 cm³/mol. The Balaban J connectivity index is -0.0000000584. The molecule has 0 aliphatic carbocycles. The quantitative estimate of drug-likeness (QED) is 0.129. The zero-order chi connectivity index (χ0) is 35.2. The summed E-state index contributed by atoms with van der Waals surface area (Å²) in [6, 6.07) is 0. The second-order valence-corrected chi connectivity index (χ2v) is 8.38. The summed E-state index contributed by atoms with van der Waals surface area (Å²) in [5.74, 6) is -0.375. The average molecular weight is 947 g/mol. The van der Waals surface area contributed by atoms with E-state index in [-0.39, 0.29) is 163 Å². The van der Waals surface area contributed by atoms with Crippen LogP contribution in [0.5, 0.6) is 0 Å². The molecular weight excluding hydrogens is 898 g/mol. The fourth-order valence-electron chi connectivity index (χ4n) is 1.76. The van der Waals surface area contributed by atoms with Crippen LogP contribution in [0.15, 0.2) is 71.0 Å². The summed E-state index contributed by atoms with van der Waals surface area (Å²) < 4.78 is 0. The van der Waals surface area contributed by atoms with Crippen molar-refractivity contribution in [2.45, 2.75) is 83.1 Å². The third-order valence-corrected chi connectivity index (χ3v) is 2.47. The van der Waals surface area contributed by atoms with E-state index in [2.05, 4.69) is 0 Å². The number of hydrogen-bond acceptors (Lipinski definition) is 12. The minimum atomic E-state index is -0.125. The van der Waals surface area contributed by atoms with Crippen molar-refractivity contribution >= 4 is 34.7 Å². The molecule has 14 heteroatoms. The molecule has 0 amide bonds. The molecule has 0 spiro atoms. The molecule has 0 fully saturated rings. The van der Waals surface area contributed by atoms with E-state index in [4.69, 9.17) is 30.6 Å². The number of hydrogen-bond donors (Lipinski definition) is 6. The van der Waals surface area contributed by atoms with E-state index < -0.39 is 0 Å². The normalized spacial score (nSPS) is 10.9. The number of aliphatic hydroxyl groups excluding tert-OH is 6. The molecule has 0 unspecified atom stereocenters. The van der Waals surface area contributed by atoms with Gasteiger partial charge in [-0.15, -0.1) is 0 Å². The van der Waals surface area contributed by atoms with Gasteiger partial charge in [0.1, 0.15) is 0 Å². The van der Waals surface area contributed by atoms with E-state index >= 15 is 0 Å². The molecule has 265 valence electrons. The predicted octanol–water partition coefficient (Wildman–Crippen LogP) is 6.22. The Kier molecular flexibility index (Phi) is 57.6. The molecule has 44 heavy (non-hydrogen) atoms. The Hall–Kier alpha value is -1.70. The van der Waals surface area contributed by atoms with Crippen molar-refractivity contribution in [3.8, 4) is 0 Å². The van der Waals surface area contributed by atoms with Gasteiger partial charge < -0.3 is 30.6 Å². The molecule has 1 radical (unpaired) electrons. The first-order valence-corrected chi connectivity index (χ1v) is 12.0. The monoisotopic (exact) mass is 948 g/mol. The van der Waals surface area contributed by atoms with Crippen LogP contribution in [0, 0.1) is 93.8 Å². The Labute approximate surface area is 337 Å². The van der Waals surface area contributed by atoms with Gasteiger partial charge in [-0.2, -0.15) is 0 Å². The summed E-state index contributed by atoms with van der Waals surface area (Å²) in [4.78, 5) is 60.1. The summed E-state index contributed by atoms with van der Waals surface area (Å²) in [7, 11) is 0. The summed E-state index contributed by atoms with van der Waals surface area (Å²) >= 11 is 0. The van der Waals surface area contributed by atoms with E-state index in [1.54, 1.807) is 0 Å². The number of carbonyl (C=O) groups is 6. The van der Waals surface area contributed by atoms with Gasteiger partial charge in [-0.3, -0.25) is 28.8 Å². The van der Waals surface area contributed by atoms with Crippen LogP contribution < -0.4 is 0 Å². The molecule has 0 saturated heterocycles. The van der Waals surface area contributed by atoms with Gasteiger partial charge in [-0.1, -0.05) is 0 Å². The van der Waals surface area contributed by atoms with Crippen LogP contribution >= 0.6 is 0 Å². The molecule has 0 saturated carbocycles. The third kappa shape index (κ3) is 125. The van der Waals surface area contributed by atoms with Gasteiger partial charge in [-0.05, 0) is 83.1 Å². The molecule has 0 atom stereocenters. The van der Waals surface area contributed by atoms with E-state index in [1.165, 1.54) is 120 Å². The van der Waals surface area contributed by atoms with E-state index in [0.29, 0.717) is 0 Å². The van der Waals surface area contributed by atoms with Crippen molar-refractivity contribution in [1.29, 1.82) is 0 Å². The summed E-state index contributed by atoms with van der Waals surface area (Å²) in [6.45, 7) is 17.1. The fourth-order valence-corrected chi connectivity index (χ4v) is 1.76. The van der Waals surface area contributed by atoms with Crippen molar-refractivity contribution in [1.82, 2.24) is 0 Å². The van der Waals surface area contributed by atoms with Crippen molar-refractivity contribution in [2.75, 3.05) is 0 Å². The first-order chi connectivity index (χ1) is 18.8. The Bertz CT molecular complexity index is 821. The first kappa shape index (κ1) is 61.3. The van der Waals surface area contributed by atoms with Crippen LogP contribution in [0.2, 0.25) is 0 Å². The summed E-state index contributed by atoms with van der Waals surface area (Å²) in [5.41, 5.74) is 0. The average Bonchev–Trinajstić information content (AvgIpc) is 2.63. The third-order valence-electron chi connectivity index (χ3n) is 2.47. The molecule has 0 aliphatic heterocycles. The Morgan fingerprint density at radius 2 is 0.364 bits per heavy atom. The number of allylic oxidation sites excluding steroid dienone is 12. The van der Waals surface area contributed by atoms with Crippen LogP contribution in [-0.2, 0) is 28.8 Å². The SMILES string of the molecule is CC(=O)C=C(C)O.CC(=O)C=C(C)O.CC(=O)C=C(C)O.CC(=O)C=C(C)O.CC(=O)C=C(C)O.CC(=O)C=C(C)O.[Yb+3].[Yb]. The molecule has 12 nitrogen and oxygen atoms in total. The maximum absolute atomic E-state index is 10.0. The number of carbonyl (C=O) groups excluding carboxylic acids is 6. The fraction of sp³-hybridized carbons (Fsp3) is 0.400. The van der Waals surface area contributed by atoms with Crippen molar-refractivity contribution in [3.63, 3.8) is 0 Å². The summed E-state index contributed by atoms with van der Waals surface area (Å²) in [5, 5.41) is 50.2. The van der Waals surface area contributed by atoms with E-state index in [1.807, 2.05) is 0 Å². The van der Waals surface area contributed by atoms with Crippen LogP contribution in [-0.4, -0.2) is 65.3 Å². The minimum absolute atomic E-state index is 0. The molecule has 0 aliphatic rings. The van der Waals surface area contributed by atoms with Gasteiger partial charge in [0, 0.05) is 83.4 Å². The molecule has 0 rings (SSSR count). The molecular formula is C30H48O12Yb2+3. The smallest absolute Gasteiger partial charge is 0.512 e. The zero-order valence-corrected chi connectivity index (χ0v) is 30.6. The molecule has 0 aromatic heterocycles. The van der Waals surface area contributed by atoms with E-state index in [0.717, 1.165) is 0 Å². The van der Waals surface area contributed by atoms with E-state index in [9.17, 15) is 28.8 Å². The number of rotatable bonds is 6. The van der Waals surface area contributed by atoms with Gasteiger partial charge in [0.05, 0.1) is 34.6 Å². The van der Waals surface area contributed by atoms with Gasteiger partial charge in [0.25, 0.3) is 0 Å². The van der Waals surface area contributed by atoms with Gasteiger partial charge in [0.15, 0.2) is 34.7 Å². The van der Waals surface area contributed by atoms with Crippen molar-refractivity contribution < 1.29 is 153 Å². The molecule has 0 bridgehead atoms. The maximum atomic E-state index is 10.0. The Morgan fingerprint density at radius 1 is 0.295 bits per heavy atom. The van der Waals surface area contributed by atoms with Gasteiger partial charge >= 0.3 is 46.9 Å². The van der Waals surface area contributed by atoms with Crippen LogP contribution in [0.25, 0.3) is 0 Å². The molecule has 0 heterocycles. The standard InChI is InChI=1S/6C5H8O2.2Yb/c6*1-4(6)3-5(2)7;;/h6*3,6H,1-2H3;;/q;;;;;;;+3. The van der Waals surface area contributed by atoms with Gasteiger partial charge in [-0.25, -0.2) is 0 Å². The molecule has 0 aromatic rings. The van der Waals surface area contributed by atoms with Crippen LogP contribution in [0.1, 0.15) is 83.1 Å². The van der Waals surface area contributed by atoms with Crippen LogP contribution in [0.3, 0.4) is 0 Å². The molecule has 0 aromatic carbocycles. The molecule has 6 N–H and O–H groups in total. The van der Waals surface area contributed by atoms with Gasteiger partial charge in [0.2, 0.25) is 0 Å². The van der Waals surface area contributed by atoms with Crippen molar-refractivity contribution in [3.05, 3.63) is 71.0 Å². The van der Waals surface area contributed by atoms with Crippen molar-refractivity contribution in [2.24, 2.45) is 0 Å². The second kappa shape index (κ2) is 41.3. The summed E-state index contributed by atoms with van der Waals surface area (Å²) in [6.07, 6.45) is 7.00. The maximum Gasteiger partial charge on any atom is 3.00 e. The zero-order valence-electron chi connectivity index (χ0n) is 27.1. The number of ketones is 6.